The Kier molecular flexibility index (Phi) is 6.52. The second-order valence-electron chi connectivity index (χ2n) is 6.66. The molecule has 5 heteroatoms. The molecule has 0 bridgehead atoms. The van der Waals surface area contributed by atoms with Crippen molar-refractivity contribution in [2.75, 3.05) is 5.32 Å². The molecule has 3 rings (SSSR count). The van der Waals surface area contributed by atoms with Crippen LogP contribution in [0.15, 0.2) is 73.1 Å². The fraction of sp³-hybridized carbons (Fsp3) is 0.174. The molecule has 2 amide bonds. The summed E-state index contributed by atoms with van der Waals surface area (Å²) in [5, 5.41) is 5.76. The van der Waals surface area contributed by atoms with Gasteiger partial charge in [0.25, 0.3) is 5.91 Å². The minimum atomic E-state index is -0.165. The van der Waals surface area contributed by atoms with Gasteiger partial charge in [-0.2, -0.15) is 0 Å². The van der Waals surface area contributed by atoms with Crippen LogP contribution in [0.4, 0.5) is 5.69 Å². The van der Waals surface area contributed by atoms with Gasteiger partial charge in [-0.05, 0) is 48.7 Å². The van der Waals surface area contributed by atoms with Crippen LogP contribution in [-0.2, 0) is 17.8 Å². The molecular formula is C23H23N3O2. The molecular weight excluding hydrogens is 350 g/mol. The molecule has 142 valence electrons. The van der Waals surface area contributed by atoms with E-state index in [0.29, 0.717) is 24.9 Å². The summed E-state index contributed by atoms with van der Waals surface area (Å²) in [6, 6.07) is 19.1. The molecule has 2 N–H and O–H groups in total. The second kappa shape index (κ2) is 9.46. The number of amides is 2. The maximum absolute atomic E-state index is 12.1. The molecule has 0 aliphatic heterocycles. The Bertz CT molecular complexity index is 920. The number of aromatic nitrogens is 1. The summed E-state index contributed by atoms with van der Waals surface area (Å²) >= 11 is 0. The van der Waals surface area contributed by atoms with Gasteiger partial charge in [0.1, 0.15) is 0 Å². The quantitative estimate of drug-likeness (QED) is 0.660. The lowest BCUT2D eigenvalue weighted by atomic mass is 10.1. The zero-order valence-electron chi connectivity index (χ0n) is 15.8. The number of carbonyl (C=O) groups excluding carboxylic acids is 2. The van der Waals surface area contributed by atoms with Gasteiger partial charge in [0.05, 0.1) is 5.56 Å². The standard InChI is InChI=1S/C23H23N3O2/c1-17-4-6-18(7-5-17)10-13-22(27)26-21-11-8-19(9-12-21)15-25-23(28)20-3-2-14-24-16-20/h2-9,11-12,14,16H,10,13,15H2,1H3,(H,25,28)(H,26,27). The lowest BCUT2D eigenvalue weighted by Crippen LogP contribution is -2.22. The van der Waals surface area contributed by atoms with E-state index < -0.39 is 0 Å². The Hall–Kier alpha value is -3.47. The van der Waals surface area contributed by atoms with E-state index in [-0.39, 0.29) is 11.8 Å². The molecule has 0 aliphatic rings. The molecule has 0 fully saturated rings. The van der Waals surface area contributed by atoms with E-state index in [4.69, 9.17) is 0 Å². The van der Waals surface area contributed by atoms with Crippen LogP contribution in [0.3, 0.4) is 0 Å². The third-order valence-corrected chi connectivity index (χ3v) is 4.38. The number of aryl methyl sites for hydroxylation is 2. The summed E-state index contributed by atoms with van der Waals surface area (Å²) in [6.07, 6.45) is 4.31. The summed E-state index contributed by atoms with van der Waals surface area (Å²) in [7, 11) is 0. The molecule has 0 radical (unpaired) electrons. The van der Waals surface area contributed by atoms with Crippen molar-refractivity contribution in [3.63, 3.8) is 0 Å². The second-order valence-corrected chi connectivity index (χ2v) is 6.66. The third-order valence-electron chi connectivity index (χ3n) is 4.38. The molecule has 0 unspecified atom stereocenters. The molecule has 28 heavy (non-hydrogen) atoms. The van der Waals surface area contributed by atoms with Crippen LogP contribution >= 0.6 is 0 Å². The molecule has 1 heterocycles. The molecule has 1 aromatic heterocycles. The van der Waals surface area contributed by atoms with Gasteiger partial charge in [-0.15, -0.1) is 0 Å². The predicted octanol–water partition coefficient (Wildman–Crippen LogP) is 3.89. The number of hydrogen-bond acceptors (Lipinski definition) is 3. The number of nitrogens with one attached hydrogen (secondary N) is 2. The van der Waals surface area contributed by atoms with Crippen molar-refractivity contribution in [3.8, 4) is 0 Å². The first-order valence-corrected chi connectivity index (χ1v) is 9.23. The van der Waals surface area contributed by atoms with Crippen molar-refractivity contribution in [3.05, 3.63) is 95.3 Å². The van der Waals surface area contributed by atoms with Crippen molar-refractivity contribution in [1.82, 2.24) is 10.3 Å². The van der Waals surface area contributed by atoms with Gasteiger partial charge in [0, 0.05) is 31.0 Å². The van der Waals surface area contributed by atoms with E-state index in [1.165, 1.54) is 11.8 Å². The minimum Gasteiger partial charge on any atom is -0.348 e. The largest absolute Gasteiger partial charge is 0.348 e. The van der Waals surface area contributed by atoms with Crippen LogP contribution in [0.2, 0.25) is 0 Å². The smallest absolute Gasteiger partial charge is 0.253 e. The van der Waals surface area contributed by atoms with Crippen LogP contribution in [0, 0.1) is 6.92 Å². The molecule has 0 aliphatic carbocycles. The zero-order chi connectivity index (χ0) is 19.8. The molecule has 2 aromatic carbocycles. The lowest BCUT2D eigenvalue weighted by Gasteiger charge is -2.08. The molecule has 0 spiro atoms. The number of anilines is 1. The van der Waals surface area contributed by atoms with Gasteiger partial charge in [-0.1, -0.05) is 42.0 Å². The maximum atomic E-state index is 12.1. The fourth-order valence-corrected chi connectivity index (χ4v) is 2.72. The predicted molar refractivity (Wildman–Crippen MR) is 110 cm³/mol. The Morgan fingerprint density at radius 1 is 0.929 bits per heavy atom. The lowest BCUT2D eigenvalue weighted by molar-refractivity contribution is -0.116. The van der Waals surface area contributed by atoms with Crippen molar-refractivity contribution >= 4 is 17.5 Å². The van der Waals surface area contributed by atoms with Crippen LogP contribution in [0.25, 0.3) is 0 Å². The van der Waals surface area contributed by atoms with Crippen LogP contribution in [0.1, 0.15) is 33.5 Å². The number of pyridine rings is 1. The normalized spacial score (nSPS) is 10.3. The third kappa shape index (κ3) is 5.77. The number of hydrogen-bond donors (Lipinski definition) is 2. The van der Waals surface area contributed by atoms with Gasteiger partial charge < -0.3 is 10.6 Å². The van der Waals surface area contributed by atoms with Crippen LogP contribution in [0.5, 0.6) is 0 Å². The van der Waals surface area contributed by atoms with Crippen molar-refractivity contribution < 1.29 is 9.59 Å². The average molecular weight is 373 g/mol. The van der Waals surface area contributed by atoms with E-state index >= 15 is 0 Å². The molecule has 0 saturated carbocycles. The first-order chi connectivity index (χ1) is 13.6. The van der Waals surface area contributed by atoms with Gasteiger partial charge in [0.2, 0.25) is 5.91 Å². The SMILES string of the molecule is Cc1ccc(CCC(=O)Nc2ccc(CNC(=O)c3cccnc3)cc2)cc1. The highest BCUT2D eigenvalue weighted by Gasteiger charge is 2.06. The van der Waals surface area contributed by atoms with E-state index in [1.54, 1.807) is 18.3 Å². The average Bonchev–Trinajstić information content (AvgIpc) is 2.73. The highest BCUT2D eigenvalue weighted by Crippen LogP contribution is 2.12. The highest BCUT2D eigenvalue weighted by atomic mass is 16.2. The van der Waals surface area contributed by atoms with Crippen molar-refractivity contribution in [2.24, 2.45) is 0 Å². The zero-order valence-corrected chi connectivity index (χ0v) is 15.8. The number of carbonyl (C=O) groups is 2. The van der Waals surface area contributed by atoms with Crippen LogP contribution < -0.4 is 10.6 Å². The molecule has 5 nitrogen and oxygen atoms in total. The summed E-state index contributed by atoms with van der Waals surface area (Å²) in [5.41, 5.74) is 4.59. The van der Waals surface area contributed by atoms with Gasteiger partial charge in [-0.3, -0.25) is 14.6 Å². The van der Waals surface area contributed by atoms with Crippen LogP contribution in [-0.4, -0.2) is 16.8 Å². The molecule has 0 atom stereocenters. The van der Waals surface area contributed by atoms with Crippen molar-refractivity contribution in [2.45, 2.75) is 26.3 Å². The summed E-state index contributed by atoms with van der Waals surface area (Å²) in [6.45, 7) is 2.46. The first kappa shape index (κ1) is 19.3. The van der Waals surface area contributed by atoms with Gasteiger partial charge in [-0.25, -0.2) is 0 Å². The monoisotopic (exact) mass is 373 g/mol. The summed E-state index contributed by atoms with van der Waals surface area (Å²) < 4.78 is 0. The van der Waals surface area contributed by atoms with Gasteiger partial charge in [0.15, 0.2) is 0 Å². The first-order valence-electron chi connectivity index (χ1n) is 9.23. The molecule has 3 aromatic rings. The van der Waals surface area contributed by atoms with E-state index in [0.717, 1.165) is 16.8 Å². The summed E-state index contributed by atoms with van der Waals surface area (Å²) in [5.74, 6) is -0.181. The Balaban J connectivity index is 1.45. The Morgan fingerprint density at radius 3 is 2.32 bits per heavy atom. The minimum absolute atomic E-state index is 0.0156. The summed E-state index contributed by atoms with van der Waals surface area (Å²) in [4.78, 5) is 28.1. The number of benzene rings is 2. The van der Waals surface area contributed by atoms with E-state index in [9.17, 15) is 9.59 Å². The topological polar surface area (TPSA) is 71.1 Å². The Morgan fingerprint density at radius 2 is 1.64 bits per heavy atom. The molecule has 0 saturated heterocycles. The fourth-order valence-electron chi connectivity index (χ4n) is 2.72. The Labute approximate surface area is 164 Å². The number of nitrogens with zero attached hydrogens (tertiary/aromatic N) is 1. The van der Waals surface area contributed by atoms with E-state index in [2.05, 4.69) is 39.9 Å². The van der Waals surface area contributed by atoms with Crippen molar-refractivity contribution in [1.29, 1.82) is 0 Å². The highest BCUT2D eigenvalue weighted by molar-refractivity contribution is 5.93. The van der Waals surface area contributed by atoms with E-state index in [1.807, 2.05) is 31.2 Å². The van der Waals surface area contributed by atoms with Gasteiger partial charge >= 0.3 is 0 Å². The maximum Gasteiger partial charge on any atom is 0.253 e. The number of rotatable bonds is 7.